The van der Waals surface area contributed by atoms with E-state index in [1.54, 1.807) is 16.8 Å². The topological polar surface area (TPSA) is 105 Å². The molecule has 0 radical (unpaired) electrons. The summed E-state index contributed by atoms with van der Waals surface area (Å²) in [5.41, 5.74) is 0.816. The molecule has 0 amide bonds. The van der Waals surface area contributed by atoms with Crippen molar-refractivity contribution in [3.8, 4) is 5.88 Å². The van der Waals surface area contributed by atoms with Crippen LogP contribution < -0.4 is 15.1 Å². The Balaban J connectivity index is 1.56. The molecule has 2 aromatic heterocycles. The highest BCUT2D eigenvalue weighted by Gasteiger charge is 2.45. The molecule has 1 saturated heterocycles. The number of rotatable bonds is 7. The number of nitrogens with zero attached hydrogens (tertiary/aromatic N) is 3. The standard InChI is InChI=1S/C25H26ClN3O5/c1-15-4-2-8-27-23(15)34-13-16-5-3-9-28(16)21-11-20-17(10-19(21)26)22(31)18(24(32)33)12-29(20)25(14-30)6-7-25/h2,4,8,10-12,16,30H,3,5-7,9,13-14H2,1H3,(H,32,33)/t16-/m1/s1. The number of ether oxygens (including phenoxy) is 1. The van der Waals surface area contributed by atoms with E-state index < -0.39 is 16.9 Å². The van der Waals surface area contributed by atoms with Crippen molar-refractivity contribution in [2.24, 2.45) is 0 Å². The maximum atomic E-state index is 12.9. The van der Waals surface area contributed by atoms with Gasteiger partial charge in [0.2, 0.25) is 11.3 Å². The van der Waals surface area contributed by atoms with E-state index in [1.165, 1.54) is 6.20 Å². The molecule has 8 nitrogen and oxygen atoms in total. The van der Waals surface area contributed by atoms with Crippen LogP contribution >= 0.6 is 11.6 Å². The van der Waals surface area contributed by atoms with E-state index in [2.05, 4.69) is 9.88 Å². The Kier molecular flexibility index (Phi) is 5.73. The van der Waals surface area contributed by atoms with Gasteiger partial charge in [-0.05, 0) is 50.8 Å². The van der Waals surface area contributed by atoms with Gasteiger partial charge in [0.1, 0.15) is 12.2 Å². The van der Waals surface area contributed by atoms with Crippen LogP contribution in [-0.4, -0.2) is 51.5 Å². The lowest BCUT2D eigenvalue weighted by molar-refractivity contribution is 0.0694. The lowest BCUT2D eigenvalue weighted by Gasteiger charge is -2.29. The first-order valence-electron chi connectivity index (χ1n) is 11.4. The summed E-state index contributed by atoms with van der Waals surface area (Å²) in [5.74, 6) is -0.691. The third-order valence-electron chi connectivity index (χ3n) is 7.00. The molecule has 34 heavy (non-hydrogen) atoms. The number of carboxylic acids is 1. The molecule has 1 aromatic carbocycles. The van der Waals surface area contributed by atoms with Crippen LogP contribution in [-0.2, 0) is 5.54 Å². The number of aromatic nitrogens is 2. The summed E-state index contributed by atoms with van der Waals surface area (Å²) >= 11 is 6.67. The van der Waals surface area contributed by atoms with Gasteiger partial charge in [0.05, 0.1) is 34.4 Å². The lowest BCUT2D eigenvalue weighted by atomic mass is 10.1. The third-order valence-corrected chi connectivity index (χ3v) is 7.30. The van der Waals surface area contributed by atoms with Crippen molar-refractivity contribution in [2.75, 3.05) is 24.7 Å². The number of aliphatic hydroxyl groups is 1. The summed E-state index contributed by atoms with van der Waals surface area (Å²) in [5, 5.41) is 20.2. The Morgan fingerprint density at radius 2 is 2.15 bits per heavy atom. The molecule has 0 spiro atoms. The zero-order valence-electron chi connectivity index (χ0n) is 18.8. The van der Waals surface area contributed by atoms with Crippen molar-refractivity contribution >= 4 is 34.2 Å². The average molecular weight is 484 g/mol. The number of hydrogen-bond acceptors (Lipinski definition) is 6. The van der Waals surface area contributed by atoms with Gasteiger partial charge in [-0.1, -0.05) is 17.7 Å². The zero-order valence-corrected chi connectivity index (χ0v) is 19.6. The Hall–Kier alpha value is -3.10. The number of pyridine rings is 2. The predicted octanol–water partition coefficient (Wildman–Crippen LogP) is 3.59. The maximum Gasteiger partial charge on any atom is 0.341 e. The summed E-state index contributed by atoms with van der Waals surface area (Å²) in [6.45, 7) is 3.04. The third kappa shape index (κ3) is 3.80. The predicted molar refractivity (Wildman–Crippen MR) is 129 cm³/mol. The minimum Gasteiger partial charge on any atom is -0.477 e. The summed E-state index contributed by atoms with van der Waals surface area (Å²) in [6, 6.07) is 7.30. The second-order valence-electron chi connectivity index (χ2n) is 9.18. The number of benzene rings is 1. The number of aryl methyl sites for hydroxylation is 1. The lowest BCUT2D eigenvalue weighted by Crippen LogP contribution is -2.35. The van der Waals surface area contributed by atoms with Crippen LogP contribution in [0.2, 0.25) is 5.02 Å². The number of fused-ring (bicyclic) bond motifs is 1. The number of carboxylic acid groups (broad SMARTS) is 1. The fourth-order valence-electron chi connectivity index (χ4n) is 4.84. The number of anilines is 1. The molecule has 5 rings (SSSR count). The zero-order chi connectivity index (χ0) is 24.0. The van der Waals surface area contributed by atoms with Crippen LogP contribution in [0.25, 0.3) is 10.9 Å². The molecule has 1 aliphatic heterocycles. The average Bonchev–Trinajstić information content (AvgIpc) is 3.48. The van der Waals surface area contributed by atoms with Gasteiger partial charge in [0, 0.05) is 29.9 Å². The largest absolute Gasteiger partial charge is 0.477 e. The van der Waals surface area contributed by atoms with Crippen LogP contribution in [0, 0.1) is 6.92 Å². The van der Waals surface area contributed by atoms with Gasteiger partial charge in [-0.3, -0.25) is 4.79 Å². The summed E-state index contributed by atoms with van der Waals surface area (Å²) in [7, 11) is 0. The van der Waals surface area contributed by atoms with Crippen LogP contribution in [0.3, 0.4) is 0 Å². The molecule has 2 N–H and O–H groups in total. The summed E-state index contributed by atoms with van der Waals surface area (Å²) in [4.78, 5) is 31.2. The van der Waals surface area contributed by atoms with E-state index in [9.17, 15) is 19.8 Å². The van der Waals surface area contributed by atoms with E-state index in [1.807, 2.05) is 25.1 Å². The summed E-state index contributed by atoms with van der Waals surface area (Å²) in [6.07, 6.45) is 6.38. The maximum absolute atomic E-state index is 12.9. The van der Waals surface area contributed by atoms with Gasteiger partial charge < -0.3 is 24.4 Å². The molecule has 0 bridgehead atoms. The molecule has 1 aliphatic carbocycles. The van der Waals surface area contributed by atoms with Crippen LogP contribution in [0.15, 0.2) is 41.5 Å². The van der Waals surface area contributed by atoms with Crippen LogP contribution in [0.4, 0.5) is 5.69 Å². The molecule has 178 valence electrons. The summed E-state index contributed by atoms with van der Waals surface area (Å²) < 4.78 is 7.77. The molecular weight excluding hydrogens is 458 g/mol. The smallest absolute Gasteiger partial charge is 0.341 e. The molecule has 2 aliphatic rings. The van der Waals surface area contributed by atoms with E-state index in [0.29, 0.717) is 35.9 Å². The first-order chi connectivity index (χ1) is 16.3. The van der Waals surface area contributed by atoms with Gasteiger partial charge in [0.15, 0.2) is 0 Å². The van der Waals surface area contributed by atoms with E-state index in [-0.39, 0.29) is 23.6 Å². The highest BCUT2D eigenvalue weighted by atomic mass is 35.5. The van der Waals surface area contributed by atoms with Crippen molar-refractivity contribution in [3.63, 3.8) is 0 Å². The minimum absolute atomic E-state index is 0.0718. The van der Waals surface area contributed by atoms with Crippen molar-refractivity contribution in [1.29, 1.82) is 0 Å². The van der Waals surface area contributed by atoms with Crippen molar-refractivity contribution < 1.29 is 19.7 Å². The molecule has 9 heteroatoms. The van der Waals surface area contributed by atoms with Crippen molar-refractivity contribution in [1.82, 2.24) is 9.55 Å². The Labute approximate surface area is 201 Å². The van der Waals surface area contributed by atoms with Crippen LogP contribution in [0.1, 0.15) is 41.6 Å². The van der Waals surface area contributed by atoms with Gasteiger partial charge in [0.25, 0.3) is 0 Å². The van der Waals surface area contributed by atoms with Gasteiger partial charge in [-0.2, -0.15) is 0 Å². The monoisotopic (exact) mass is 483 g/mol. The molecule has 2 fully saturated rings. The first kappa shape index (κ1) is 22.7. The van der Waals surface area contributed by atoms with E-state index >= 15 is 0 Å². The van der Waals surface area contributed by atoms with Crippen LogP contribution in [0.5, 0.6) is 5.88 Å². The second-order valence-corrected chi connectivity index (χ2v) is 9.58. The minimum atomic E-state index is -1.30. The Morgan fingerprint density at radius 1 is 1.35 bits per heavy atom. The van der Waals surface area contributed by atoms with Gasteiger partial charge in [-0.25, -0.2) is 9.78 Å². The number of halogens is 1. The highest BCUT2D eigenvalue weighted by molar-refractivity contribution is 6.34. The fourth-order valence-corrected chi connectivity index (χ4v) is 5.11. The van der Waals surface area contributed by atoms with E-state index in [4.69, 9.17) is 16.3 Å². The first-order valence-corrected chi connectivity index (χ1v) is 11.8. The quantitative estimate of drug-likeness (QED) is 0.529. The molecule has 1 saturated carbocycles. The van der Waals surface area contributed by atoms with Gasteiger partial charge >= 0.3 is 5.97 Å². The van der Waals surface area contributed by atoms with Crippen molar-refractivity contribution in [3.05, 3.63) is 63.0 Å². The Morgan fingerprint density at radius 3 is 2.82 bits per heavy atom. The second kappa shape index (κ2) is 8.60. The SMILES string of the molecule is Cc1cccnc1OC[C@H]1CCCN1c1cc2c(cc1Cl)c(=O)c(C(=O)O)cn2C1(CO)CC1. The number of hydrogen-bond donors (Lipinski definition) is 2. The van der Waals surface area contributed by atoms with Crippen molar-refractivity contribution in [2.45, 2.75) is 44.2 Å². The molecule has 1 atom stereocenters. The molecule has 0 unspecified atom stereocenters. The molecule has 3 heterocycles. The highest BCUT2D eigenvalue weighted by Crippen LogP contribution is 2.45. The molecular formula is C25H26ClN3O5. The Bertz CT molecular complexity index is 1330. The molecule has 3 aromatic rings. The normalized spacial score (nSPS) is 18.9. The van der Waals surface area contributed by atoms with Gasteiger partial charge in [-0.15, -0.1) is 0 Å². The number of aromatic carboxylic acids is 1. The number of carbonyl (C=O) groups is 1. The van der Waals surface area contributed by atoms with E-state index in [0.717, 1.165) is 30.6 Å². The fraction of sp³-hybridized carbons (Fsp3) is 0.400. The number of aliphatic hydroxyl groups excluding tert-OH is 1.